The number of phenolic OH excluding ortho intramolecular Hbond substituents is 1. The molecular formula is C17H17N3O3S. The lowest BCUT2D eigenvalue weighted by Crippen LogP contribution is -2.48. The number of sulfonamides is 1. The molecule has 2 aromatic carbocycles. The van der Waals surface area contributed by atoms with E-state index in [2.05, 4.69) is 0 Å². The Labute approximate surface area is 141 Å². The van der Waals surface area contributed by atoms with Crippen molar-refractivity contribution in [2.45, 2.75) is 4.90 Å². The molecule has 1 heterocycles. The van der Waals surface area contributed by atoms with Crippen molar-refractivity contribution in [3.05, 3.63) is 54.1 Å². The van der Waals surface area contributed by atoms with E-state index in [-0.39, 0.29) is 16.2 Å². The fourth-order valence-corrected chi connectivity index (χ4v) is 4.36. The van der Waals surface area contributed by atoms with Gasteiger partial charge in [-0.05, 0) is 24.3 Å². The third kappa shape index (κ3) is 3.07. The number of hydrogen-bond acceptors (Lipinski definition) is 5. The van der Waals surface area contributed by atoms with Crippen molar-refractivity contribution in [1.29, 1.82) is 5.26 Å². The van der Waals surface area contributed by atoms with Gasteiger partial charge in [0.05, 0.1) is 10.5 Å². The molecule has 0 aliphatic carbocycles. The molecule has 0 bridgehead atoms. The van der Waals surface area contributed by atoms with Gasteiger partial charge in [0.25, 0.3) is 0 Å². The molecular weight excluding hydrogens is 326 g/mol. The average molecular weight is 343 g/mol. The molecule has 2 aromatic rings. The summed E-state index contributed by atoms with van der Waals surface area (Å²) in [6.45, 7) is 1.71. The lowest BCUT2D eigenvalue weighted by Gasteiger charge is -2.35. The van der Waals surface area contributed by atoms with Gasteiger partial charge in [-0.1, -0.05) is 18.2 Å². The largest absolute Gasteiger partial charge is 0.508 e. The summed E-state index contributed by atoms with van der Waals surface area (Å²) in [6, 6.07) is 15.1. The highest BCUT2D eigenvalue weighted by atomic mass is 32.2. The molecule has 7 heteroatoms. The smallest absolute Gasteiger partial charge is 0.244 e. The Morgan fingerprint density at radius 1 is 1.00 bits per heavy atom. The van der Waals surface area contributed by atoms with Gasteiger partial charge in [-0.2, -0.15) is 9.57 Å². The van der Waals surface area contributed by atoms with Crippen molar-refractivity contribution in [1.82, 2.24) is 4.31 Å². The molecule has 3 rings (SSSR count). The van der Waals surface area contributed by atoms with Crippen LogP contribution in [0.5, 0.6) is 5.75 Å². The minimum absolute atomic E-state index is 0.0540. The second kappa shape index (κ2) is 6.51. The first-order chi connectivity index (χ1) is 11.5. The molecule has 124 valence electrons. The minimum atomic E-state index is -3.68. The molecule has 0 aromatic heterocycles. The number of hydrogen-bond donors (Lipinski definition) is 1. The van der Waals surface area contributed by atoms with E-state index in [1.165, 1.54) is 16.4 Å². The first-order valence-electron chi connectivity index (χ1n) is 7.55. The van der Waals surface area contributed by atoms with Crippen molar-refractivity contribution in [3.63, 3.8) is 0 Å². The second-order valence-corrected chi connectivity index (χ2v) is 7.43. The molecule has 0 saturated carbocycles. The van der Waals surface area contributed by atoms with E-state index < -0.39 is 10.0 Å². The van der Waals surface area contributed by atoms with E-state index in [0.717, 1.165) is 5.69 Å². The van der Waals surface area contributed by atoms with Crippen LogP contribution in [0.25, 0.3) is 0 Å². The number of piperazine rings is 1. The summed E-state index contributed by atoms with van der Waals surface area (Å²) in [5.41, 5.74) is 1.03. The Kier molecular flexibility index (Phi) is 4.42. The number of anilines is 1. The SMILES string of the molecule is N#Cc1ccccc1S(=O)(=O)N1CCN(c2cccc(O)c2)CC1. The summed E-state index contributed by atoms with van der Waals surface area (Å²) in [5.74, 6) is 0.186. The number of aromatic hydroxyl groups is 1. The zero-order chi connectivity index (χ0) is 17.2. The minimum Gasteiger partial charge on any atom is -0.508 e. The molecule has 1 aliphatic heterocycles. The predicted molar refractivity (Wildman–Crippen MR) is 90.2 cm³/mol. The van der Waals surface area contributed by atoms with Crippen molar-refractivity contribution < 1.29 is 13.5 Å². The van der Waals surface area contributed by atoms with Crippen LogP contribution in [-0.4, -0.2) is 44.0 Å². The highest BCUT2D eigenvalue weighted by Crippen LogP contribution is 2.24. The van der Waals surface area contributed by atoms with Crippen molar-refractivity contribution >= 4 is 15.7 Å². The molecule has 0 spiro atoms. The van der Waals surface area contributed by atoms with Gasteiger partial charge >= 0.3 is 0 Å². The van der Waals surface area contributed by atoms with Crippen molar-refractivity contribution in [2.75, 3.05) is 31.1 Å². The molecule has 1 aliphatic rings. The molecule has 1 N–H and O–H groups in total. The van der Waals surface area contributed by atoms with Crippen LogP contribution >= 0.6 is 0 Å². The van der Waals surface area contributed by atoms with Crippen LogP contribution in [0.3, 0.4) is 0 Å². The number of nitrogens with zero attached hydrogens (tertiary/aromatic N) is 3. The summed E-state index contributed by atoms with van der Waals surface area (Å²) >= 11 is 0. The Bertz CT molecular complexity index is 882. The Balaban J connectivity index is 1.78. The fraction of sp³-hybridized carbons (Fsp3) is 0.235. The van der Waals surface area contributed by atoms with Gasteiger partial charge in [-0.15, -0.1) is 0 Å². The van der Waals surface area contributed by atoms with Crippen molar-refractivity contribution in [3.8, 4) is 11.8 Å². The van der Waals surface area contributed by atoms with Gasteiger partial charge < -0.3 is 10.0 Å². The van der Waals surface area contributed by atoms with Gasteiger partial charge in [0, 0.05) is 37.9 Å². The van der Waals surface area contributed by atoms with Crippen LogP contribution in [0, 0.1) is 11.3 Å². The highest BCUT2D eigenvalue weighted by Gasteiger charge is 2.30. The second-order valence-electron chi connectivity index (χ2n) is 5.52. The zero-order valence-electron chi connectivity index (χ0n) is 13.0. The van der Waals surface area contributed by atoms with Crippen LogP contribution < -0.4 is 4.90 Å². The summed E-state index contributed by atoms with van der Waals surface area (Å²) in [5, 5.41) is 18.7. The van der Waals surface area contributed by atoms with Gasteiger partial charge in [-0.25, -0.2) is 8.42 Å². The maximum absolute atomic E-state index is 12.8. The van der Waals surface area contributed by atoms with Gasteiger partial charge in [0.1, 0.15) is 11.8 Å². The van der Waals surface area contributed by atoms with Crippen LogP contribution in [0.1, 0.15) is 5.56 Å². The van der Waals surface area contributed by atoms with Gasteiger partial charge in [0.15, 0.2) is 0 Å². The molecule has 6 nitrogen and oxygen atoms in total. The molecule has 0 atom stereocenters. The van der Waals surface area contributed by atoms with E-state index >= 15 is 0 Å². The van der Waals surface area contributed by atoms with E-state index in [9.17, 15) is 13.5 Å². The van der Waals surface area contributed by atoms with E-state index in [1.54, 1.807) is 30.3 Å². The fourth-order valence-electron chi connectivity index (χ4n) is 2.80. The zero-order valence-corrected chi connectivity index (χ0v) is 13.8. The summed E-state index contributed by atoms with van der Waals surface area (Å²) in [6.07, 6.45) is 0. The number of rotatable bonds is 3. The highest BCUT2D eigenvalue weighted by molar-refractivity contribution is 7.89. The molecule has 0 radical (unpaired) electrons. The number of nitriles is 1. The monoisotopic (exact) mass is 343 g/mol. The number of benzene rings is 2. The Hall–Kier alpha value is -2.56. The predicted octanol–water partition coefficient (Wildman–Crippen LogP) is 1.77. The quantitative estimate of drug-likeness (QED) is 0.918. The molecule has 1 fully saturated rings. The van der Waals surface area contributed by atoms with Crippen LogP contribution in [0.15, 0.2) is 53.4 Å². The maximum atomic E-state index is 12.8. The summed E-state index contributed by atoms with van der Waals surface area (Å²) in [7, 11) is -3.68. The number of phenols is 1. The Morgan fingerprint density at radius 3 is 2.38 bits per heavy atom. The van der Waals surface area contributed by atoms with E-state index in [4.69, 9.17) is 5.26 Å². The Morgan fingerprint density at radius 2 is 1.71 bits per heavy atom. The lowest BCUT2D eigenvalue weighted by atomic mass is 10.2. The third-order valence-corrected chi connectivity index (χ3v) is 6.02. The lowest BCUT2D eigenvalue weighted by molar-refractivity contribution is 0.384. The topological polar surface area (TPSA) is 84.6 Å². The van der Waals surface area contributed by atoms with Crippen LogP contribution in [0.4, 0.5) is 5.69 Å². The molecule has 0 unspecified atom stereocenters. The summed E-state index contributed by atoms with van der Waals surface area (Å²) < 4.78 is 27.0. The van der Waals surface area contributed by atoms with Crippen molar-refractivity contribution in [2.24, 2.45) is 0 Å². The normalized spacial score (nSPS) is 15.9. The van der Waals surface area contributed by atoms with Crippen LogP contribution in [0.2, 0.25) is 0 Å². The third-order valence-electron chi connectivity index (χ3n) is 4.06. The molecule has 0 amide bonds. The maximum Gasteiger partial charge on any atom is 0.244 e. The van der Waals surface area contributed by atoms with E-state index in [0.29, 0.717) is 26.2 Å². The molecule has 1 saturated heterocycles. The first kappa shape index (κ1) is 16.3. The first-order valence-corrected chi connectivity index (χ1v) is 8.99. The summed E-state index contributed by atoms with van der Waals surface area (Å²) in [4.78, 5) is 2.08. The standard InChI is InChI=1S/C17H17N3O3S/c18-13-14-4-1-2-7-17(14)24(22,23)20-10-8-19(9-11-20)15-5-3-6-16(21)12-15/h1-7,12,21H,8-11H2. The average Bonchev–Trinajstić information content (AvgIpc) is 2.62. The van der Waals surface area contributed by atoms with Crippen LogP contribution in [-0.2, 0) is 10.0 Å². The van der Waals surface area contributed by atoms with Gasteiger partial charge in [-0.3, -0.25) is 0 Å². The molecule has 24 heavy (non-hydrogen) atoms. The van der Waals surface area contributed by atoms with Gasteiger partial charge in [0.2, 0.25) is 10.0 Å². The van der Waals surface area contributed by atoms with E-state index in [1.807, 2.05) is 17.0 Å².